The highest BCUT2D eigenvalue weighted by molar-refractivity contribution is 7.90. The van der Waals surface area contributed by atoms with Gasteiger partial charge in [-0.2, -0.15) is 13.5 Å². The van der Waals surface area contributed by atoms with E-state index >= 15 is 0 Å². The molecular formula is C25H27N5O4S. The minimum Gasteiger partial charge on any atom is -0.438 e. The van der Waals surface area contributed by atoms with Gasteiger partial charge in [0.2, 0.25) is 5.88 Å². The quantitative estimate of drug-likeness (QED) is 0.426. The molecule has 0 fully saturated rings. The van der Waals surface area contributed by atoms with Crippen LogP contribution < -0.4 is 9.46 Å². The van der Waals surface area contributed by atoms with Crippen LogP contribution in [0.25, 0.3) is 11.4 Å². The van der Waals surface area contributed by atoms with E-state index in [4.69, 9.17) is 4.74 Å². The fourth-order valence-electron chi connectivity index (χ4n) is 3.78. The van der Waals surface area contributed by atoms with Gasteiger partial charge in [-0.15, -0.1) is 0 Å². The minimum absolute atomic E-state index is 0. The van der Waals surface area contributed by atoms with Crippen molar-refractivity contribution in [1.29, 1.82) is 0 Å². The number of hydrogen-bond acceptors (Lipinski definition) is 7. The largest absolute Gasteiger partial charge is 0.438 e. The van der Waals surface area contributed by atoms with E-state index < -0.39 is 15.9 Å². The molecule has 0 spiro atoms. The van der Waals surface area contributed by atoms with Crippen LogP contribution in [-0.2, 0) is 17.1 Å². The van der Waals surface area contributed by atoms with E-state index in [1.54, 1.807) is 49.1 Å². The summed E-state index contributed by atoms with van der Waals surface area (Å²) in [7, 11) is -2.44. The molecule has 0 saturated heterocycles. The maximum Gasteiger partial charge on any atom is 0.281 e. The third-order valence-corrected chi connectivity index (χ3v) is 6.59. The molecule has 0 aliphatic heterocycles. The normalized spacial score (nSPS) is 11.3. The zero-order valence-corrected chi connectivity index (χ0v) is 20.8. The molecule has 0 unspecified atom stereocenters. The van der Waals surface area contributed by atoms with Crippen molar-refractivity contribution in [2.24, 2.45) is 7.05 Å². The number of hydrogen-bond donors (Lipinski definition) is 1. The molecule has 9 nitrogen and oxygen atoms in total. The van der Waals surface area contributed by atoms with Crippen molar-refractivity contribution in [3.63, 3.8) is 0 Å². The van der Waals surface area contributed by atoms with Gasteiger partial charge in [0.25, 0.3) is 15.9 Å². The number of rotatable bonds is 6. The number of ether oxygens (including phenoxy) is 1. The molecule has 3 aromatic heterocycles. The number of carbonyl (C=O) groups is 1. The Balaban J connectivity index is 0.00000361. The molecule has 0 radical (unpaired) electrons. The predicted octanol–water partition coefficient (Wildman–Crippen LogP) is 4.27. The van der Waals surface area contributed by atoms with Crippen molar-refractivity contribution in [3.8, 4) is 23.0 Å². The highest BCUT2D eigenvalue weighted by Gasteiger charge is 2.25. The number of nitrogens with zero attached hydrogens (tertiary/aromatic N) is 4. The number of benzene rings is 1. The van der Waals surface area contributed by atoms with Crippen molar-refractivity contribution in [3.05, 3.63) is 82.7 Å². The zero-order valence-electron chi connectivity index (χ0n) is 20.0. The maximum atomic E-state index is 13.2. The summed E-state index contributed by atoms with van der Waals surface area (Å²) in [5, 5.41) is 3.91. The zero-order chi connectivity index (χ0) is 25.3. The van der Waals surface area contributed by atoms with Crippen LogP contribution in [0, 0.1) is 27.7 Å². The maximum absolute atomic E-state index is 13.2. The van der Waals surface area contributed by atoms with Gasteiger partial charge in [-0.05, 0) is 69.2 Å². The van der Waals surface area contributed by atoms with Crippen molar-refractivity contribution in [2.75, 3.05) is 0 Å². The fourth-order valence-corrected chi connectivity index (χ4v) is 4.76. The van der Waals surface area contributed by atoms with Crippen LogP contribution >= 0.6 is 0 Å². The average molecular weight is 494 g/mol. The van der Waals surface area contributed by atoms with Gasteiger partial charge >= 0.3 is 0 Å². The lowest BCUT2D eigenvalue weighted by Crippen LogP contribution is -2.31. The van der Waals surface area contributed by atoms with Gasteiger partial charge in [-0.1, -0.05) is 23.8 Å². The lowest BCUT2D eigenvalue weighted by atomic mass is 10.1. The first-order valence-electron chi connectivity index (χ1n) is 10.8. The SMILES string of the molecule is Cc1cc(C)c(Oc2nc(-c3ccnn3C)ccc2C(=O)NS(=O)(=O)c2cccc(C)n2)c(C)c1.[HH]. The molecule has 0 bridgehead atoms. The molecule has 3 heterocycles. The Hall–Kier alpha value is -4.05. The third-order valence-electron chi connectivity index (χ3n) is 5.36. The monoisotopic (exact) mass is 493 g/mol. The molecule has 1 N–H and O–H groups in total. The summed E-state index contributed by atoms with van der Waals surface area (Å²) < 4.78 is 35.5. The molecule has 182 valence electrons. The Bertz CT molecular complexity index is 1530. The predicted molar refractivity (Wildman–Crippen MR) is 133 cm³/mol. The van der Waals surface area contributed by atoms with Gasteiger partial charge in [0.1, 0.15) is 11.3 Å². The molecular weight excluding hydrogens is 466 g/mol. The van der Waals surface area contributed by atoms with E-state index in [2.05, 4.69) is 19.8 Å². The van der Waals surface area contributed by atoms with Gasteiger partial charge in [-0.3, -0.25) is 9.48 Å². The van der Waals surface area contributed by atoms with E-state index in [1.807, 2.05) is 32.9 Å². The molecule has 10 heteroatoms. The van der Waals surface area contributed by atoms with E-state index in [0.29, 0.717) is 22.8 Å². The van der Waals surface area contributed by atoms with Crippen LogP contribution in [0.4, 0.5) is 0 Å². The second kappa shape index (κ2) is 9.30. The number of amides is 1. The van der Waals surface area contributed by atoms with E-state index in [0.717, 1.165) is 16.7 Å². The summed E-state index contributed by atoms with van der Waals surface area (Å²) in [6.07, 6.45) is 1.63. The molecule has 1 amide bonds. The minimum atomic E-state index is -4.21. The van der Waals surface area contributed by atoms with Gasteiger partial charge in [0.05, 0.1) is 11.4 Å². The highest BCUT2D eigenvalue weighted by atomic mass is 32.2. The Kier molecular flexibility index (Phi) is 6.40. The summed E-state index contributed by atoms with van der Waals surface area (Å²) >= 11 is 0. The van der Waals surface area contributed by atoms with Crippen molar-refractivity contribution >= 4 is 15.9 Å². The Morgan fingerprint density at radius 3 is 2.34 bits per heavy atom. The Morgan fingerprint density at radius 1 is 1.00 bits per heavy atom. The van der Waals surface area contributed by atoms with Crippen LogP contribution in [0.15, 0.2) is 59.8 Å². The highest BCUT2D eigenvalue weighted by Crippen LogP contribution is 2.32. The van der Waals surface area contributed by atoms with Crippen LogP contribution in [0.1, 0.15) is 34.2 Å². The number of carbonyl (C=O) groups excluding carboxylic acids is 1. The van der Waals surface area contributed by atoms with Crippen LogP contribution in [-0.4, -0.2) is 34.1 Å². The lowest BCUT2D eigenvalue weighted by Gasteiger charge is -2.16. The summed E-state index contributed by atoms with van der Waals surface area (Å²) in [6, 6.07) is 13.3. The number of aryl methyl sites for hydroxylation is 5. The third kappa shape index (κ3) is 5.07. The van der Waals surface area contributed by atoms with Gasteiger partial charge in [0.15, 0.2) is 5.03 Å². The molecule has 0 saturated carbocycles. The number of aromatic nitrogens is 4. The van der Waals surface area contributed by atoms with Gasteiger partial charge < -0.3 is 4.74 Å². The van der Waals surface area contributed by atoms with Crippen LogP contribution in [0.3, 0.4) is 0 Å². The number of nitrogens with one attached hydrogen (secondary N) is 1. The number of pyridine rings is 2. The summed E-state index contributed by atoms with van der Waals surface area (Å²) in [4.78, 5) is 21.7. The van der Waals surface area contributed by atoms with Gasteiger partial charge in [-0.25, -0.2) is 14.7 Å². The second-order valence-electron chi connectivity index (χ2n) is 8.27. The van der Waals surface area contributed by atoms with Crippen LogP contribution in [0.5, 0.6) is 11.6 Å². The first-order valence-corrected chi connectivity index (χ1v) is 12.3. The molecule has 4 rings (SSSR count). The summed E-state index contributed by atoms with van der Waals surface area (Å²) in [5.74, 6) is -0.360. The average Bonchev–Trinajstić information content (AvgIpc) is 3.21. The topological polar surface area (TPSA) is 116 Å². The first-order chi connectivity index (χ1) is 16.5. The second-order valence-corrected chi connectivity index (χ2v) is 9.90. The Labute approximate surface area is 205 Å². The standard InChI is InChI=1S/C25H25N5O4S.H2/c1-15-13-16(2)23(17(3)14-15)34-25-19(9-10-20(28-25)21-11-12-26-30(21)5)24(31)29-35(32,33)22-8-6-7-18(4)27-22;/h6-14H,1-5H3,(H,29,31);1H. The molecule has 1 aromatic carbocycles. The molecule has 0 aliphatic rings. The van der Waals surface area contributed by atoms with Crippen molar-refractivity contribution in [2.45, 2.75) is 32.7 Å². The van der Waals surface area contributed by atoms with E-state index in [-0.39, 0.29) is 17.9 Å². The molecule has 4 aromatic rings. The molecule has 0 aliphatic carbocycles. The summed E-state index contributed by atoms with van der Waals surface area (Å²) in [6.45, 7) is 7.44. The first kappa shape index (κ1) is 24.1. The lowest BCUT2D eigenvalue weighted by molar-refractivity contribution is 0.0978. The van der Waals surface area contributed by atoms with Gasteiger partial charge in [0, 0.05) is 20.4 Å². The van der Waals surface area contributed by atoms with Crippen molar-refractivity contribution in [1.82, 2.24) is 24.5 Å². The summed E-state index contributed by atoms with van der Waals surface area (Å²) in [5.41, 5.74) is 4.48. The van der Waals surface area contributed by atoms with E-state index in [9.17, 15) is 13.2 Å². The van der Waals surface area contributed by atoms with E-state index in [1.165, 1.54) is 12.1 Å². The Morgan fingerprint density at radius 2 is 1.71 bits per heavy atom. The fraction of sp³-hybridized carbons (Fsp3) is 0.200. The van der Waals surface area contributed by atoms with Crippen LogP contribution in [0.2, 0.25) is 0 Å². The molecule has 0 atom stereocenters. The van der Waals surface area contributed by atoms with Crippen molar-refractivity contribution < 1.29 is 19.4 Å². The molecule has 35 heavy (non-hydrogen) atoms. The smallest absolute Gasteiger partial charge is 0.281 e. The number of sulfonamides is 1.